The van der Waals surface area contributed by atoms with Crippen LogP contribution >= 0.6 is 24.0 Å². The number of hydrogen-bond donors (Lipinski definition) is 2. The summed E-state index contributed by atoms with van der Waals surface area (Å²) in [6, 6.07) is 0. The number of nitrogens with one attached hydrogen (secondary N) is 2. The van der Waals surface area contributed by atoms with Crippen molar-refractivity contribution >= 4 is 29.9 Å². The van der Waals surface area contributed by atoms with Crippen LogP contribution in [0.5, 0.6) is 0 Å². The van der Waals surface area contributed by atoms with E-state index >= 15 is 0 Å². The van der Waals surface area contributed by atoms with Gasteiger partial charge in [0.2, 0.25) is 0 Å². The molecule has 0 unspecified atom stereocenters. The summed E-state index contributed by atoms with van der Waals surface area (Å²) in [4.78, 5) is 6.74. The van der Waals surface area contributed by atoms with Gasteiger partial charge in [0.05, 0.1) is 19.8 Å². The van der Waals surface area contributed by atoms with Crippen LogP contribution in [0, 0.1) is 5.92 Å². The molecule has 0 spiro atoms. The molecule has 1 aliphatic rings. The summed E-state index contributed by atoms with van der Waals surface area (Å²) < 4.78 is 11.0. The summed E-state index contributed by atoms with van der Waals surface area (Å²) in [6.45, 7) is 15.7. The van der Waals surface area contributed by atoms with Crippen molar-refractivity contribution in [1.82, 2.24) is 15.5 Å². The molecule has 2 N–H and O–H groups in total. The van der Waals surface area contributed by atoms with Gasteiger partial charge in [0.25, 0.3) is 0 Å². The molecule has 1 saturated heterocycles. The van der Waals surface area contributed by atoms with E-state index in [1.54, 1.807) is 7.05 Å². The maximum absolute atomic E-state index is 5.61. The van der Waals surface area contributed by atoms with Crippen LogP contribution in [0.3, 0.4) is 0 Å². The van der Waals surface area contributed by atoms with Gasteiger partial charge in [-0.15, -0.1) is 24.0 Å². The molecule has 24 heavy (non-hydrogen) atoms. The van der Waals surface area contributed by atoms with Gasteiger partial charge < -0.3 is 20.1 Å². The molecule has 7 heteroatoms. The maximum Gasteiger partial charge on any atom is 0.191 e. The maximum atomic E-state index is 5.61. The summed E-state index contributed by atoms with van der Waals surface area (Å²) in [7, 11) is 1.80. The number of rotatable bonds is 9. The molecular formula is C17H37IN4O2. The summed E-state index contributed by atoms with van der Waals surface area (Å²) in [6.07, 6.45) is 1.11. The smallest absolute Gasteiger partial charge is 0.191 e. The number of guanidine groups is 1. The molecule has 0 saturated carbocycles. The summed E-state index contributed by atoms with van der Waals surface area (Å²) in [5, 5.41) is 6.72. The van der Waals surface area contributed by atoms with Gasteiger partial charge in [-0.05, 0) is 26.2 Å². The molecule has 0 aromatic rings. The molecule has 0 atom stereocenters. The minimum Gasteiger partial charge on any atom is -0.380 e. The molecule has 144 valence electrons. The Balaban J connectivity index is 0.00000529. The Labute approximate surface area is 165 Å². The van der Waals surface area contributed by atoms with Crippen LogP contribution < -0.4 is 10.6 Å². The molecule has 0 bridgehead atoms. The molecule has 6 nitrogen and oxygen atoms in total. The number of aliphatic imine (C=N–C) groups is 1. The molecule has 1 aliphatic heterocycles. The molecule has 1 heterocycles. The third-order valence-electron chi connectivity index (χ3n) is 4.16. The van der Waals surface area contributed by atoms with Gasteiger partial charge >= 0.3 is 0 Å². The molecule has 0 aromatic carbocycles. The Kier molecular flexibility index (Phi) is 13.1. The van der Waals surface area contributed by atoms with E-state index in [1.807, 2.05) is 0 Å². The Morgan fingerprint density at radius 3 is 2.46 bits per heavy atom. The highest BCUT2D eigenvalue weighted by Gasteiger charge is 2.28. The Hall–Kier alpha value is -0.120. The van der Waals surface area contributed by atoms with Crippen LogP contribution in [0.2, 0.25) is 0 Å². The molecule has 0 aliphatic carbocycles. The van der Waals surface area contributed by atoms with Crippen molar-refractivity contribution in [2.75, 3.05) is 59.7 Å². The molecule has 1 rings (SSSR count). The van der Waals surface area contributed by atoms with Gasteiger partial charge in [0.1, 0.15) is 0 Å². The standard InChI is InChI=1S/C17H36N4O2.HI/c1-15(2)6-10-22-11-7-19-16(18-5)20-14-17(3,4)21-8-12-23-13-9-21;/h15H,6-14H2,1-5H3,(H2,18,19,20);1H. The second kappa shape index (κ2) is 13.1. The van der Waals surface area contributed by atoms with Gasteiger partial charge in [-0.2, -0.15) is 0 Å². The SMILES string of the molecule is CN=C(NCCOCCC(C)C)NCC(C)(C)N1CCOCC1.I. The molecule has 0 aromatic heterocycles. The van der Waals surface area contributed by atoms with E-state index in [0.29, 0.717) is 12.5 Å². The fraction of sp³-hybridized carbons (Fsp3) is 0.941. The first-order valence-corrected chi connectivity index (χ1v) is 8.81. The zero-order valence-corrected chi connectivity index (χ0v) is 18.4. The van der Waals surface area contributed by atoms with E-state index in [4.69, 9.17) is 9.47 Å². The van der Waals surface area contributed by atoms with Crippen molar-refractivity contribution in [1.29, 1.82) is 0 Å². The first kappa shape index (κ1) is 23.9. The summed E-state index contributed by atoms with van der Waals surface area (Å²) in [5.74, 6) is 1.53. The lowest BCUT2D eigenvalue weighted by Gasteiger charge is -2.41. The topological polar surface area (TPSA) is 58.1 Å². The third kappa shape index (κ3) is 10.0. The minimum absolute atomic E-state index is 0. The lowest BCUT2D eigenvalue weighted by atomic mass is 10.0. The first-order chi connectivity index (χ1) is 11.0. The van der Waals surface area contributed by atoms with Gasteiger partial charge in [-0.3, -0.25) is 9.89 Å². The van der Waals surface area contributed by atoms with E-state index < -0.39 is 0 Å². The summed E-state index contributed by atoms with van der Waals surface area (Å²) >= 11 is 0. The number of nitrogens with zero attached hydrogens (tertiary/aromatic N) is 2. The van der Waals surface area contributed by atoms with Gasteiger partial charge in [-0.25, -0.2) is 0 Å². The molecule has 0 amide bonds. The van der Waals surface area contributed by atoms with E-state index in [-0.39, 0.29) is 29.5 Å². The van der Waals surface area contributed by atoms with Crippen LogP contribution in [0.1, 0.15) is 34.1 Å². The predicted octanol–water partition coefficient (Wildman–Crippen LogP) is 1.94. The van der Waals surface area contributed by atoms with Crippen molar-refractivity contribution in [3.63, 3.8) is 0 Å². The van der Waals surface area contributed by atoms with Crippen molar-refractivity contribution in [3.8, 4) is 0 Å². The Bertz CT molecular complexity index is 345. The average Bonchev–Trinajstić information content (AvgIpc) is 2.54. The number of morpholine rings is 1. The second-order valence-corrected chi connectivity index (χ2v) is 7.06. The van der Waals surface area contributed by atoms with Crippen LogP contribution in [-0.4, -0.2) is 76.1 Å². The monoisotopic (exact) mass is 456 g/mol. The highest BCUT2D eigenvalue weighted by Crippen LogP contribution is 2.14. The number of ether oxygens (including phenoxy) is 2. The van der Waals surface area contributed by atoms with Crippen LogP contribution in [-0.2, 0) is 9.47 Å². The lowest BCUT2D eigenvalue weighted by Crippen LogP contribution is -2.56. The average molecular weight is 456 g/mol. The zero-order valence-electron chi connectivity index (χ0n) is 16.1. The fourth-order valence-electron chi connectivity index (χ4n) is 2.46. The highest BCUT2D eigenvalue weighted by molar-refractivity contribution is 14.0. The van der Waals surface area contributed by atoms with Crippen molar-refractivity contribution in [2.24, 2.45) is 10.9 Å². The van der Waals surface area contributed by atoms with E-state index in [0.717, 1.165) is 58.4 Å². The second-order valence-electron chi connectivity index (χ2n) is 7.06. The van der Waals surface area contributed by atoms with E-state index in [1.165, 1.54) is 0 Å². The van der Waals surface area contributed by atoms with Crippen molar-refractivity contribution in [2.45, 2.75) is 39.7 Å². The Morgan fingerprint density at radius 1 is 1.21 bits per heavy atom. The molecule has 1 fully saturated rings. The molecule has 0 radical (unpaired) electrons. The predicted molar refractivity (Wildman–Crippen MR) is 112 cm³/mol. The van der Waals surface area contributed by atoms with Gasteiger partial charge in [0, 0.05) is 45.4 Å². The van der Waals surface area contributed by atoms with Crippen LogP contribution in [0.4, 0.5) is 0 Å². The quantitative estimate of drug-likeness (QED) is 0.241. The highest BCUT2D eigenvalue weighted by atomic mass is 127. The zero-order chi connectivity index (χ0) is 17.1. The molecular weight excluding hydrogens is 419 g/mol. The van der Waals surface area contributed by atoms with Gasteiger partial charge in [-0.1, -0.05) is 13.8 Å². The van der Waals surface area contributed by atoms with Crippen molar-refractivity contribution < 1.29 is 9.47 Å². The third-order valence-corrected chi connectivity index (χ3v) is 4.16. The van der Waals surface area contributed by atoms with E-state index in [9.17, 15) is 0 Å². The normalized spacial score (nSPS) is 16.8. The van der Waals surface area contributed by atoms with Crippen LogP contribution in [0.15, 0.2) is 4.99 Å². The lowest BCUT2D eigenvalue weighted by molar-refractivity contribution is -0.00834. The fourth-order valence-corrected chi connectivity index (χ4v) is 2.46. The Morgan fingerprint density at radius 2 is 1.88 bits per heavy atom. The van der Waals surface area contributed by atoms with Gasteiger partial charge in [0.15, 0.2) is 5.96 Å². The van der Waals surface area contributed by atoms with Crippen LogP contribution in [0.25, 0.3) is 0 Å². The summed E-state index contributed by atoms with van der Waals surface area (Å²) in [5.41, 5.74) is 0.0785. The number of hydrogen-bond acceptors (Lipinski definition) is 4. The first-order valence-electron chi connectivity index (χ1n) is 8.81. The van der Waals surface area contributed by atoms with Crippen molar-refractivity contribution in [3.05, 3.63) is 0 Å². The largest absolute Gasteiger partial charge is 0.380 e. The minimum atomic E-state index is 0. The van der Waals surface area contributed by atoms with E-state index in [2.05, 4.69) is 48.2 Å². The number of halogens is 1.